The molecule has 1 fully saturated rings. The molecule has 3 unspecified atom stereocenters. The van der Waals surface area contributed by atoms with Crippen molar-refractivity contribution in [2.75, 3.05) is 19.5 Å². The van der Waals surface area contributed by atoms with Gasteiger partial charge in [-0.1, -0.05) is 6.07 Å². The fourth-order valence-corrected chi connectivity index (χ4v) is 4.56. The Morgan fingerprint density at radius 3 is 2.63 bits per heavy atom. The van der Waals surface area contributed by atoms with Crippen LogP contribution in [-0.2, 0) is 16.0 Å². The van der Waals surface area contributed by atoms with Crippen LogP contribution in [-0.4, -0.2) is 63.6 Å². The molecule has 4 atom stereocenters. The number of benzene rings is 2. The van der Waals surface area contributed by atoms with Crippen LogP contribution < -0.4 is 14.8 Å². The maximum absolute atomic E-state index is 13.9. The summed E-state index contributed by atoms with van der Waals surface area (Å²) in [5.74, 6) is -0.277. The average molecular weight is 485 g/mol. The van der Waals surface area contributed by atoms with Crippen LogP contribution in [0.3, 0.4) is 0 Å². The Bertz CT molecular complexity index is 1290. The van der Waals surface area contributed by atoms with E-state index in [1.807, 2.05) is 6.07 Å². The smallest absolute Gasteiger partial charge is 0.333 e. The standard InChI is InChI=1S/C24H24FN3O7/c1-33-17-7-11-6-15-20(14(11)9-18(17)34-2)27-28(22(15)26-13-5-3-4-12(25)8-13)23-21(30)16(29)10-19(35-23)24(31)32/h3-5,7-9,16,19,21,23,26,29-30H,6,10H2,1-2H3,(H,31,32)/t16?,19?,21-,23?/m1/s1. The molecule has 184 valence electrons. The topological polar surface area (TPSA) is 135 Å². The second-order valence-electron chi connectivity index (χ2n) is 8.44. The van der Waals surface area contributed by atoms with E-state index in [2.05, 4.69) is 10.4 Å². The summed E-state index contributed by atoms with van der Waals surface area (Å²) in [5, 5.41) is 38.3. The Hall–Kier alpha value is -3.67. The number of methoxy groups -OCH3 is 2. The van der Waals surface area contributed by atoms with Crippen molar-refractivity contribution in [1.82, 2.24) is 9.78 Å². The molecule has 1 aliphatic carbocycles. The van der Waals surface area contributed by atoms with Crippen molar-refractivity contribution in [3.63, 3.8) is 0 Å². The number of aliphatic hydroxyl groups excluding tert-OH is 2. The largest absolute Gasteiger partial charge is 0.493 e. The zero-order valence-corrected chi connectivity index (χ0v) is 18.9. The summed E-state index contributed by atoms with van der Waals surface area (Å²) in [6.07, 6.45) is -5.26. The molecule has 0 amide bonds. The minimum atomic E-state index is -1.44. The van der Waals surface area contributed by atoms with Crippen LogP contribution in [0.2, 0.25) is 0 Å². The van der Waals surface area contributed by atoms with Crippen molar-refractivity contribution >= 4 is 17.5 Å². The zero-order chi connectivity index (χ0) is 24.9. The van der Waals surface area contributed by atoms with Gasteiger partial charge in [0.25, 0.3) is 0 Å². The monoisotopic (exact) mass is 485 g/mol. The second-order valence-corrected chi connectivity index (χ2v) is 8.44. The molecule has 1 saturated heterocycles. The molecule has 2 aromatic carbocycles. The molecule has 1 aromatic heterocycles. The molecule has 35 heavy (non-hydrogen) atoms. The molecule has 5 rings (SSSR count). The molecule has 10 nitrogen and oxygen atoms in total. The first-order chi connectivity index (χ1) is 16.8. The number of fused-ring (bicyclic) bond motifs is 3. The minimum absolute atomic E-state index is 0.263. The predicted molar refractivity (Wildman–Crippen MR) is 121 cm³/mol. The fraction of sp³-hybridized carbons (Fsp3) is 0.333. The van der Waals surface area contributed by atoms with Gasteiger partial charge >= 0.3 is 5.97 Å². The number of carbonyl (C=O) groups is 1. The van der Waals surface area contributed by atoms with E-state index in [1.165, 1.54) is 23.9 Å². The van der Waals surface area contributed by atoms with Gasteiger partial charge in [-0.15, -0.1) is 0 Å². The fourth-order valence-electron chi connectivity index (χ4n) is 4.56. The van der Waals surface area contributed by atoms with Gasteiger partial charge in [-0.3, -0.25) is 0 Å². The van der Waals surface area contributed by atoms with Gasteiger partial charge in [-0.05, 0) is 35.9 Å². The van der Waals surface area contributed by atoms with Gasteiger partial charge in [-0.2, -0.15) is 5.10 Å². The Labute approximate surface area is 199 Å². The van der Waals surface area contributed by atoms with Crippen molar-refractivity contribution < 1.29 is 38.7 Å². The number of carboxylic acids is 1. The van der Waals surface area contributed by atoms with Gasteiger partial charge < -0.3 is 34.8 Å². The van der Waals surface area contributed by atoms with Crippen LogP contribution in [0, 0.1) is 5.82 Å². The van der Waals surface area contributed by atoms with E-state index in [0.29, 0.717) is 35.1 Å². The van der Waals surface area contributed by atoms with Gasteiger partial charge in [0.1, 0.15) is 17.7 Å². The van der Waals surface area contributed by atoms with Gasteiger partial charge in [0.2, 0.25) is 0 Å². The summed E-state index contributed by atoms with van der Waals surface area (Å²) in [4.78, 5) is 11.6. The lowest BCUT2D eigenvalue weighted by atomic mass is 10.0. The molecule has 0 radical (unpaired) electrons. The van der Waals surface area contributed by atoms with E-state index in [4.69, 9.17) is 14.2 Å². The normalized spacial score (nSPS) is 22.9. The maximum atomic E-state index is 13.9. The van der Waals surface area contributed by atoms with Crippen molar-refractivity contribution in [3.8, 4) is 22.8 Å². The summed E-state index contributed by atoms with van der Waals surface area (Å²) < 4.78 is 31.7. The van der Waals surface area contributed by atoms with E-state index in [-0.39, 0.29) is 6.42 Å². The zero-order valence-electron chi connectivity index (χ0n) is 18.9. The van der Waals surface area contributed by atoms with E-state index in [0.717, 1.165) is 16.7 Å². The number of rotatable bonds is 6. The van der Waals surface area contributed by atoms with E-state index < -0.39 is 36.3 Å². The van der Waals surface area contributed by atoms with Crippen LogP contribution in [0.4, 0.5) is 15.9 Å². The van der Waals surface area contributed by atoms with Crippen LogP contribution in [0.25, 0.3) is 11.3 Å². The number of hydrogen-bond donors (Lipinski definition) is 4. The number of carboxylic acid groups (broad SMARTS) is 1. The molecular weight excluding hydrogens is 461 g/mol. The quantitative estimate of drug-likeness (QED) is 0.325. The lowest BCUT2D eigenvalue weighted by Crippen LogP contribution is -2.48. The summed E-state index contributed by atoms with van der Waals surface area (Å²) in [6, 6.07) is 9.44. The summed E-state index contributed by atoms with van der Waals surface area (Å²) in [5.41, 5.74) is 3.38. The number of aromatic nitrogens is 2. The van der Waals surface area contributed by atoms with Crippen molar-refractivity contribution in [3.05, 3.63) is 53.3 Å². The molecule has 2 aliphatic rings. The third-order valence-electron chi connectivity index (χ3n) is 6.29. The molecule has 0 bridgehead atoms. The van der Waals surface area contributed by atoms with Gasteiger partial charge in [-0.25, -0.2) is 13.9 Å². The Balaban J connectivity index is 1.64. The van der Waals surface area contributed by atoms with E-state index >= 15 is 0 Å². The summed E-state index contributed by atoms with van der Waals surface area (Å²) in [7, 11) is 3.07. The first-order valence-electron chi connectivity index (χ1n) is 10.9. The molecule has 11 heteroatoms. The van der Waals surface area contributed by atoms with Crippen LogP contribution in [0.1, 0.15) is 23.8 Å². The highest BCUT2D eigenvalue weighted by molar-refractivity contribution is 5.82. The lowest BCUT2D eigenvalue weighted by molar-refractivity contribution is -0.211. The van der Waals surface area contributed by atoms with Crippen molar-refractivity contribution in [2.24, 2.45) is 0 Å². The Morgan fingerprint density at radius 1 is 1.20 bits per heavy atom. The molecule has 2 heterocycles. The maximum Gasteiger partial charge on any atom is 0.333 e. The number of anilines is 2. The number of halogens is 1. The van der Waals surface area contributed by atoms with Crippen LogP contribution in [0.5, 0.6) is 11.5 Å². The molecule has 1 aliphatic heterocycles. The van der Waals surface area contributed by atoms with Gasteiger partial charge in [0, 0.05) is 29.7 Å². The van der Waals surface area contributed by atoms with E-state index in [1.54, 1.807) is 25.3 Å². The number of aliphatic hydroxyl groups is 2. The minimum Gasteiger partial charge on any atom is -0.493 e. The van der Waals surface area contributed by atoms with Gasteiger partial charge in [0.05, 0.1) is 26.0 Å². The molecule has 4 N–H and O–H groups in total. The van der Waals surface area contributed by atoms with Crippen molar-refractivity contribution in [1.29, 1.82) is 0 Å². The highest BCUT2D eigenvalue weighted by Crippen LogP contribution is 2.46. The first-order valence-corrected chi connectivity index (χ1v) is 10.9. The number of ether oxygens (including phenoxy) is 3. The number of nitrogens with one attached hydrogen (secondary N) is 1. The average Bonchev–Trinajstić information content (AvgIpc) is 3.35. The number of hydrogen-bond acceptors (Lipinski definition) is 8. The van der Waals surface area contributed by atoms with Crippen molar-refractivity contribution in [2.45, 2.75) is 37.4 Å². The Morgan fingerprint density at radius 2 is 1.94 bits per heavy atom. The summed E-state index contributed by atoms with van der Waals surface area (Å²) in [6.45, 7) is 0. The van der Waals surface area contributed by atoms with Crippen LogP contribution in [0.15, 0.2) is 36.4 Å². The SMILES string of the molecule is COc1cc2c(cc1OC)-c1nn(C3OC(C(=O)O)CC(O)[C@H]3O)c(Nc3cccc(F)c3)c1C2. The second kappa shape index (κ2) is 8.84. The summed E-state index contributed by atoms with van der Waals surface area (Å²) >= 11 is 0. The molecular formula is C24H24FN3O7. The number of aliphatic carboxylic acids is 1. The molecule has 0 spiro atoms. The third kappa shape index (κ3) is 3.97. The third-order valence-corrected chi connectivity index (χ3v) is 6.29. The van der Waals surface area contributed by atoms with Gasteiger partial charge in [0.15, 0.2) is 23.8 Å². The Kier molecular flexibility index (Phi) is 5.83. The predicted octanol–water partition coefficient (Wildman–Crippen LogP) is 2.45. The molecule has 0 saturated carbocycles. The lowest BCUT2D eigenvalue weighted by Gasteiger charge is -2.36. The highest BCUT2D eigenvalue weighted by atomic mass is 19.1. The first kappa shape index (κ1) is 23.1. The number of nitrogens with zero attached hydrogens (tertiary/aromatic N) is 2. The van der Waals surface area contributed by atoms with Crippen LogP contribution >= 0.6 is 0 Å². The molecule has 3 aromatic rings. The highest BCUT2D eigenvalue weighted by Gasteiger charge is 2.43. The van der Waals surface area contributed by atoms with E-state index in [9.17, 15) is 24.5 Å².